The summed E-state index contributed by atoms with van der Waals surface area (Å²) in [6.45, 7) is 0.482. The lowest BCUT2D eigenvalue weighted by Gasteiger charge is -2.07. The number of aromatic carboxylic acids is 1. The lowest BCUT2D eigenvalue weighted by Crippen LogP contribution is -2.14. The zero-order valence-corrected chi connectivity index (χ0v) is 10.5. The summed E-state index contributed by atoms with van der Waals surface area (Å²) in [5.74, 6) is -1.84. The Labute approximate surface area is 114 Å². The normalized spacial score (nSPS) is 10.2. The monoisotopic (exact) mass is 275 g/mol. The molecule has 7 heteroatoms. The van der Waals surface area contributed by atoms with Crippen LogP contribution in [-0.4, -0.2) is 31.6 Å². The third-order valence-corrected chi connectivity index (χ3v) is 2.67. The van der Waals surface area contributed by atoms with E-state index in [4.69, 9.17) is 5.11 Å². The first-order chi connectivity index (χ1) is 9.56. The number of rotatable bonds is 5. The molecular formula is C13H13N3O4. The van der Waals surface area contributed by atoms with E-state index in [0.29, 0.717) is 12.2 Å². The molecule has 0 aliphatic rings. The van der Waals surface area contributed by atoms with Gasteiger partial charge in [0.05, 0.1) is 6.33 Å². The van der Waals surface area contributed by atoms with Crippen LogP contribution in [0.5, 0.6) is 5.75 Å². The molecule has 0 saturated heterocycles. The molecule has 1 aromatic heterocycles. The minimum absolute atomic E-state index is 0.236. The van der Waals surface area contributed by atoms with Gasteiger partial charge in [0, 0.05) is 31.0 Å². The van der Waals surface area contributed by atoms with Crippen molar-refractivity contribution in [2.45, 2.75) is 13.0 Å². The number of carbonyl (C=O) groups excluding carboxylic acids is 1. The summed E-state index contributed by atoms with van der Waals surface area (Å²) in [7, 11) is 0. The Bertz CT molecular complexity index is 623. The fourth-order valence-electron chi connectivity index (χ4n) is 1.66. The number of hydrogen-bond acceptors (Lipinski definition) is 4. The van der Waals surface area contributed by atoms with Crippen molar-refractivity contribution in [2.75, 3.05) is 5.32 Å². The predicted molar refractivity (Wildman–Crippen MR) is 70.5 cm³/mol. The van der Waals surface area contributed by atoms with Gasteiger partial charge in [-0.15, -0.1) is 0 Å². The van der Waals surface area contributed by atoms with E-state index in [2.05, 4.69) is 10.3 Å². The van der Waals surface area contributed by atoms with Gasteiger partial charge >= 0.3 is 5.97 Å². The first kappa shape index (κ1) is 13.6. The van der Waals surface area contributed by atoms with Crippen LogP contribution in [0.4, 0.5) is 5.69 Å². The molecule has 7 nitrogen and oxygen atoms in total. The SMILES string of the molecule is O=C(CCn1ccnc1)Nc1ccc(O)c(C(=O)O)c1. The summed E-state index contributed by atoms with van der Waals surface area (Å²) >= 11 is 0. The maximum absolute atomic E-state index is 11.7. The minimum atomic E-state index is -1.25. The van der Waals surface area contributed by atoms with Crippen molar-refractivity contribution in [1.29, 1.82) is 0 Å². The van der Waals surface area contributed by atoms with Crippen LogP contribution < -0.4 is 5.32 Å². The number of aromatic hydroxyl groups is 1. The largest absolute Gasteiger partial charge is 0.507 e. The Morgan fingerprint density at radius 1 is 1.35 bits per heavy atom. The fourth-order valence-corrected chi connectivity index (χ4v) is 1.66. The summed E-state index contributed by atoms with van der Waals surface area (Å²) < 4.78 is 1.76. The maximum atomic E-state index is 11.7. The molecule has 2 rings (SSSR count). The number of benzene rings is 1. The van der Waals surface area contributed by atoms with Gasteiger partial charge in [0.15, 0.2) is 0 Å². The van der Waals surface area contributed by atoms with Gasteiger partial charge in [0.2, 0.25) is 5.91 Å². The van der Waals surface area contributed by atoms with E-state index in [1.54, 1.807) is 23.3 Å². The highest BCUT2D eigenvalue weighted by atomic mass is 16.4. The van der Waals surface area contributed by atoms with Crippen LogP contribution in [0.2, 0.25) is 0 Å². The molecule has 0 unspecified atom stereocenters. The summed E-state index contributed by atoms with van der Waals surface area (Å²) in [5.41, 5.74) is 0.0771. The van der Waals surface area contributed by atoms with E-state index < -0.39 is 5.97 Å². The van der Waals surface area contributed by atoms with Crippen LogP contribution in [-0.2, 0) is 11.3 Å². The Morgan fingerprint density at radius 2 is 2.15 bits per heavy atom. The molecule has 1 aromatic carbocycles. The summed E-state index contributed by atoms with van der Waals surface area (Å²) in [5, 5.41) is 20.8. The predicted octanol–water partition coefficient (Wildman–Crippen LogP) is 1.32. The Morgan fingerprint density at radius 3 is 2.80 bits per heavy atom. The number of hydrogen-bond donors (Lipinski definition) is 3. The number of phenols is 1. The average molecular weight is 275 g/mol. The summed E-state index contributed by atoms with van der Waals surface area (Å²) in [4.78, 5) is 26.4. The number of carboxylic acids is 1. The average Bonchev–Trinajstić information content (AvgIpc) is 2.91. The smallest absolute Gasteiger partial charge is 0.339 e. The van der Waals surface area contributed by atoms with Crippen molar-refractivity contribution in [3.63, 3.8) is 0 Å². The molecule has 3 N–H and O–H groups in total. The van der Waals surface area contributed by atoms with E-state index in [-0.39, 0.29) is 23.6 Å². The molecule has 0 fully saturated rings. The second-order valence-corrected chi connectivity index (χ2v) is 4.14. The topological polar surface area (TPSA) is 104 Å². The molecule has 0 saturated carbocycles. The van der Waals surface area contributed by atoms with Gasteiger partial charge in [-0.1, -0.05) is 0 Å². The zero-order valence-electron chi connectivity index (χ0n) is 10.5. The third-order valence-electron chi connectivity index (χ3n) is 2.67. The number of nitrogens with one attached hydrogen (secondary N) is 1. The van der Waals surface area contributed by atoms with Crippen molar-refractivity contribution in [3.8, 4) is 5.75 Å². The lowest BCUT2D eigenvalue weighted by molar-refractivity contribution is -0.116. The van der Waals surface area contributed by atoms with Gasteiger partial charge in [-0.05, 0) is 18.2 Å². The number of nitrogens with zero attached hydrogens (tertiary/aromatic N) is 2. The summed E-state index contributed by atoms with van der Waals surface area (Å²) in [6.07, 6.45) is 5.21. The number of aryl methyl sites for hydroxylation is 1. The van der Waals surface area contributed by atoms with Crippen molar-refractivity contribution in [1.82, 2.24) is 9.55 Å². The lowest BCUT2D eigenvalue weighted by atomic mass is 10.1. The molecule has 0 spiro atoms. The zero-order chi connectivity index (χ0) is 14.5. The van der Waals surface area contributed by atoms with E-state index >= 15 is 0 Å². The Hall–Kier alpha value is -2.83. The van der Waals surface area contributed by atoms with Gasteiger partial charge in [-0.2, -0.15) is 0 Å². The number of imidazole rings is 1. The van der Waals surface area contributed by atoms with Crippen LogP contribution in [0, 0.1) is 0 Å². The fraction of sp³-hybridized carbons (Fsp3) is 0.154. The van der Waals surface area contributed by atoms with Crippen LogP contribution in [0.1, 0.15) is 16.8 Å². The Balaban J connectivity index is 1.97. The molecule has 0 atom stereocenters. The van der Waals surface area contributed by atoms with Gasteiger partial charge in [0.25, 0.3) is 0 Å². The van der Waals surface area contributed by atoms with Crippen LogP contribution in [0.15, 0.2) is 36.9 Å². The molecule has 0 radical (unpaired) electrons. The highest BCUT2D eigenvalue weighted by Crippen LogP contribution is 2.21. The van der Waals surface area contributed by atoms with Crippen molar-refractivity contribution in [3.05, 3.63) is 42.5 Å². The van der Waals surface area contributed by atoms with Crippen LogP contribution >= 0.6 is 0 Å². The standard InChI is InChI=1S/C13H13N3O4/c17-11-2-1-9(7-10(11)13(19)20)15-12(18)3-5-16-6-4-14-8-16/h1-2,4,6-8,17H,3,5H2,(H,15,18)(H,19,20). The number of carboxylic acid groups (broad SMARTS) is 1. The third kappa shape index (κ3) is 3.35. The van der Waals surface area contributed by atoms with Gasteiger partial charge < -0.3 is 20.1 Å². The van der Waals surface area contributed by atoms with Crippen molar-refractivity contribution >= 4 is 17.6 Å². The van der Waals surface area contributed by atoms with E-state index in [0.717, 1.165) is 0 Å². The molecular weight excluding hydrogens is 262 g/mol. The number of carbonyl (C=O) groups is 2. The van der Waals surface area contributed by atoms with E-state index in [9.17, 15) is 14.7 Å². The Kier molecular flexibility index (Phi) is 3.99. The molecule has 1 amide bonds. The second-order valence-electron chi connectivity index (χ2n) is 4.14. The molecule has 1 heterocycles. The molecule has 0 aliphatic heterocycles. The minimum Gasteiger partial charge on any atom is -0.507 e. The highest BCUT2D eigenvalue weighted by molar-refractivity contribution is 5.95. The van der Waals surface area contributed by atoms with E-state index in [1.165, 1.54) is 18.2 Å². The van der Waals surface area contributed by atoms with Gasteiger partial charge in [0.1, 0.15) is 11.3 Å². The highest BCUT2D eigenvalue weighted by Gasteiger charge is 2.11. The van der Waals surface area contributed by atoms with Crippen LogP contribution in [0.3, 0.4) is 0 Å². The maximum Gasteiger partial charge on any atom is 0.339 e. The first-order valence-corrected chi connectivity index (χ1v) is 5.88. The number of anilines is 1. The molecule has 0 aliphatic carbocycles. The number of amides is 1. The molecule has 104 valence electrons. The second kappa shape index (κ2) is 5.87. The molecule has 2 aromatic rings. The molecule has 20 heavy (non-hydrogen) atoms. The van der Waals surface area contributed by atoms with Gasteiger partial charge in [-0.25, -0.2) is 9.78 Å². The first-order valence-electron chi connectivity index (χ1n) is 5.88. The van der Waals surface area contributed by atoms with Crippen molar-refractivity contribution < 1.29 is 19.8 Å². The van der Waals surface area contributed by atoms with Gasteiger partial charge in [-0.3, -0.25) is 4.79 Å². The number of aromatic nitrogens is 2. The van der Waals surface area contributed by atoms with Crippen LogP contribution in [0.25, 0.3) is 0 Å². The van der Waals surface area contributed by atoms with E-state index in [1.807, 2.05) is 0 Å². The van der Waals surface area contributed by atoms with Crippen molar-refractivity contribution in [2.24, 2.45) is 0 Å². The summed E-state index contributed by atoms with van der Waals surface area (Å²) in [6, 6.07) is 3.89. The quantitative estimate of drug-likeness (QED) is 0.714. The molecule has 0 bridgehead atoms.